The van der Waals surface area contributed by atoms with E-state index in [0.29, 0.717) is 0 Å². The molecule has 0 aliphatic carbocycles. The van der Waals surface area contributed by atoms with Crippen molar-refractivity contribution in [2.75, 3.05) is 12.0 Å². The topological polar surface area (TPSA) is 141 Å². The molecule has 0 saturated heterocycles. The van der Waals surface area contributed by atoms with Gasteiger partial charge < -0.3 is 10.8 Å². The van der Waals surface area contributed by atoms with E-state index in [1.54, 1.807) is 6.26 Å². The molecule has 0 atom stereocenters. The minimum Gasteiger partial charge on any atom is -0.477 e. The van der Waals surface area contributed by atoms with E-state index < -0.39 is 26.4 Å². The number of aromatic carboxylic acids is 1. The lowest BCUT2D eigenvalue weighted by Crippen LogP contribution is -2.05. The monoisotopic (exact) mass is 452 g/mol. The van der Waals surface area contributed by atoms with Crippen LogP contribution in [0.15, 0.2) is 36.7 Å². The SMILES string of the molecule is CSc1sc(C(=O)O)cc1S(=O)(=O)c1cc(Br)c(N)c([N+](=O)[O-])c1. The van der Waals surface area contributed by atoms with E-state index in [0.717, 1.165) is 41.3 Å². The molecule has 1 heterocycles. The number of nitro groups is 1. The van der Waals surface area contributed by atoms with E-state index in [1.165, 1.54) is 0 Å². The van der Waals surface area contributed by atoms with Crippen molar-refractivity contribution in [3.63, 3.8) is 0 Å². The van der Waals surface area contributed by atoms with Crippen molar-refractivity contribution in [1.29, 1.82) is 0 Å². The molecular weight excluding hydrogens is 444 g/mol. The van der Waals surface area contributed by atoms with E-state index in [9.17, 15) is 23.3 Å². The Morgan fingerprint density at radius 2 is 2.04 bits per heavy atom. The summed E-state index contributed by atoms with van der Waals surface area (Å²) >= 11 is 4.90. The Bertz CT molecular complexity index is 954. The molecule has 0 aliphatic heterocycles. The van der Waals surface area contributed by atoms with Crippen LogP contribution in [0.4, 0.5) is 11.4 Å². The van der Waals surface area contributed by atoms with Gasteiger partial charge in [0.25, 0.3) is 5.69 Å². The van der Waals surface area contributed by atoms with Crippen LogP contribution in [0.3, 0.4) is 0 Å². The van der Waals surface area contributed by atoms with Crippen molar-refractivity contribution < 1.29 is 23.2 Å². The fraction of sp³-hybridized carbons (Fsp3) is 0.0833. The average Bonchev–Trinajstić information content (AvgIpc) is 2.94. The molecule has 1 aromatic carbocycles. The van der Waals surface area contributed by atoms with E-state index in [4.69, 9.17) is 10.8 Å². The smallest absolute Gasteiger partial charge is 0.345 e. The first kappa shape index (κ1) is 18.7. The zero-order valence-corrected chi connectivity index (χ0v) is 15.9. The number of nitrogens with zero attached hydrogens (tertiary/aromatic N) is 1. The Hall–Kier alpha value is -1.63. The first-order valence-electron chi connectivity index (χ1n) is 5.99. The number of nitro benzene ring substituents is 1. The molecule has 0 saturated carbocycles. The lowest BCUT2D eigenvalue weighted by Gasteiger charge is -2.07. The summed E-state index contributed by atoms with van der Waals surface area (Å²) in [5.74, 6) is -1.25. The van der Waals surface area contributed by atoms with E-state index >= 15 is 0 Å². The minimum absolute atomic E-state index is 0.0645. The van der Waals surface area contributed by atoms with E-state index in [-0.39, 0.29) is 29.0 Å². The van der Waals surface area contributed by atoms with Crippen LogP contribution in [0.5, 0.6) is 0 Å². The fourth-order valence-corrected chi connectivity index (χ4v) is 6.29. The summed E-state index contributed by atoms with van der Waals surface area (Å²) in [4.78, 5) is 20.6. The number of carbonyl (C=O) groups is 1. The summed E-state index contributed by atoms with van der Waals surface area (Å²) in [5.41, 5.74) is 4.82. The Balaban J connectivity index is 2.72. The number of anilines is 1. The number of thioether (sulfide) groups is 1. The Morgan fingerprint density at radius 3 is 2.54 bits per heavy atom. The second-order valence-corrected chi connectivity index (χ2v) is 9.27. The number of nitrogens with two attached hydrogens (primary N) is 1. The molecule has 24 heavy (non-hydrogen) atoms. The van der Waals surface area contributed by atoms with Gasteiger partial charge in [-0.2, -0.15) is 0 Å². The Morgan fingerprint density at radius 1 is 1.42 bits per heavy atom. The molecule has 0 aliphatic rings. The second-order valence-electron chi connectivity index (χ2n) is 4.37. The largest absolute Gasteiger partial charge is 0.477 e. The van der Waals surface area contributed by atoms with Gasteiger partial charge in [0, 0.05) is 10.5 Å². The molecule has 0 radical (unpaired) electrons. The number of rotatable bonds is 5. The molecular formula is C12H9BrN2O6S3. The maximum atomic E-state index is 12.8. The third kappa shape index (κ3) is 3.27. The second kappa shape index (κ2) is 6.70. The fourth-order valence-electron chi connectivity index (χ4n) is 1.80. The van der Waals surface area contributed by atoms with Gasteiger partial charge >= 0.3 is 5.97 Å². The molecule has 0 spiro atoms. The third-order valence-electron chi connectivity index (χ3n) is 2.94. The van der Waals surface area contributed by atoms with Gasteiger partial charge in [0.2, 0.25) is 9.84 Å². The highest BCUT2D eigenvalue weighted by Crippen LogP contribution is 2.40. The number of halogens is 1. The van der Waals surface area contributed by atoms with Crippen molar-refractivity contribution in [1.82, 2.24) is 0 Å². The zero-order valence-electron chi connectivity index (χ0n) is 11.8. The summed E-state index contributed by atoms with van der Waals surface area (Å²) in [5, 5.41) is 20.1. The Kier molecular flexibility index (Phi) is 5.22. The highest BCUT2D eigenvalue weighted by molar-refractivity contribution is 9.10. The molecule has 2 aromatic rings. The van der Waals surface area contributed by atoms with Crippen molar-refractivity contribution in [3.8, 4) is 0 Å². The van der Waals surface area contributed by atoms with E-state index in [1.807, 2.05) is 0 Å². The van der Waals surface area contributed by atoms with Crippen molar-refractivity contribution in [2.24, 2.45) is 0 Å². The number of nitrogen functional groups attached to an aromatic ring is 1. The third-order valence-corrected chi connectivity index (χ3v) is 7.87. The highest BCUT2D eigenvalue weighted by Gasteiger charge is 2.29. The van der Waals surface area contributed by atoms with Gasteiger partial charge in [-0.1, -0.05) is 0 Å². The molecule has 1 aromatic heterocycles. The molecule has 0 unspecified atom stereocenters. The maximum absolute atomic E-state index is 12.8. The number of carboxylic acid groups (broad SMARTS) is 1. The van der Waals surface area contributed by atoms with Crippen molar-refractivity contribution in [3.05, 3.63) is 37.7 Å². The standard InChI is InChI=1S/C12H9BrN2O6S3/c1-22-12-9(4-8(23-12)11(16)17)24(20,21)5-2-6(13)10(14)7(3-5)15(18)19/h2-4H,14H2,1H3,(H,16,17). The van der Waals surface area contributed by atoms with Gasteiger partial charge in [-0.05, 0) is 34.3 Å². The number of sulfone groups is 1. The lowest BCUT2D eigenvalue weighted by atomic mass is 10.3. The predicted molar refractivity (Wildman–Crippen MR) is 93.7 cm³/mol. The highest BCUT2D eigenvalue weighted by atomic mass is 79.9. The number of thiophene rings is 1. The quantitative estimate of drug-likeness (QED) is 0.304. The molecule has 0 bridgehead atoms. The summed E-state index contributed by atoms with van der Waals surface area (Å²) in [6.07, 6.45) is 1.61. The molecule has 0 amide bonds. The minimum atomic E-state index is -4.15. The maximum Gasteiger partial charge on any atom is 0.345 e. The number of hydrogen-bond acceptors (Lipinski definition) is 8. The Labute approximate surface area is 152 Å². The van der Waals surface area contributed by atoms with Crippen molar-refractivity contribution >= 4 is 66.2 Å². The van der Waals surface area contributed by atoms with Crippen LogP contribution in [-0.4, -0.2) is 30.7 Å². The molecule has 8 nitrogen and oxygen atoms in total. The average molecular weight is 453 g/mol. The first-order chi connectivity index (χ1) is 11.1. The van der Waals surface area contributed by atoms with Gasteiger partial charge in [0.15, 0.2) is 0 Å². The van der Waals surface area contributed by atoms with Crippen LogP contribution >= 0.6 is 39.0 Å². The molecule has 128 valence electrons. The van der Waals surface area contributed by atoms with Crippen LogP contribution in [0.2, 0.25) is 0 Å². The van der Waals surface area contributed by atoms with E-state index in [2.05, 4.69) is 15.9 Å². The van der Waals surface area contributed by atoms with Gasteiger partial charge in [0.1, 0.15) is 10.6 Å². The van der Waals surface area contributed by atoms with Crippen molar-refractivity contribution in [2.45, 2.75) is 14.0 Å². The van der Waals surface area contributed by atoms with Gasteiger partial charge in [-0.15, -0.1) is 23.1 Å². The summed E-state index contributed by atoms with van der Waals surface area (Å²) < 4.78 is 26.0. The molecule has 2 rings (SSSR count). The van der Waals surface area contributed by atoms with Crippen LogP contribution in [0.1, 0.15) is 9.67 Å². The van der Waals surface area contributed by atoms with Gasteiger partial charge in [0.05, 0.1) is 18.9 Å². The lowest BCUT2D eigenvalue weighted by molar-refractivity contribution is -0.384. The predicted octanol–water partition coefficient (Wildman–Crippen LogP) is 3.25. The van der Waals surface area contributed by atoms with Crippen LogP contribution in [0.25, 0.3) is 0 Å². The van der Waals surface area contributed by atoms with Crippen LogP contribution < -0.4 is 5.73 Å². The molecule has 12 heteroatoms. The summed E-state index contributed by atoms with van der Waals surface area (Å²) in [6.45, 7) is 0. The van der Waals surface area contributed by atoms with Crippen LogP contribution in [-0.2, 0) is 9.84 Å². The number of benzene rings is 1. The van der Waals surface area contributed by atoms with Gasteiger partial charge in [-0.25, -0.2) is 13.2 Å². The zero-order chi connectivity index (χ0) is 18.2. The molecule has 3 N–H and O–H groups in total. The van der Waals surface area contributed by atoms with Gasteiger partial charge in [-0.3, -0.25) is 10.1 Å². The normalized spacial score (nSPS) is 11.4. The first-order valence-corrected chi connectivity index (χ1v) is 10.3. The molecule has 0 fully saturated rings. The number of carboxylic acids is 1. The summed E-state index contributed by atoms with van der Waals surface area (Å²) in [6, 6.07) is 3.06. The summed E-state index contributed by atoms with van der Waals surface area (Å²) in [7, 11) is -4.15. The van der Waals surface area contributed by atoms with Crippen LogP contribution in [0, 0.1) is 10.1 Å². The number of hydrogen-bond donors (Lipinski definition) is 2.